The summed E-state index contributed by atoms with van der Waals surface area (Å²) in [6, 6.07) is 20.9. The van der Waals surface area contributed by atoms with Gasteiger partial charge in [-0.15, -0.1) is 0 Å². The van der Waals surface area contributed by atoms with Gasteiger partial charge in [0, 0.05) is 37.3 Å². The average molecular weight is 563 g/mol. The van der Waals surface area contributed by atoms with Crippen LogP contribution in [-0.4, -0.2) is 51.6 Å². The summed E-state index contributed by atoms with van der Waals surface area (Å²) in [7, 11) is 0. The number of carboxylic acid groups (broad SMARTS) is 1. The van der Waals surface area contributed by atoms with Crippen molar-refractivity contribution in [2.75, 3.05) is 31.1 Å². The molecule has 4 aromatic rings. The molecule has 0 spiro atoms. The minimum Gasteiger partial charge on any atom is -0.477 e. The van der Waals surface area contributed by atoms with Gasteiger partial charge in [0.1, 0.15) is 11.3 Å². The number of nitro benzene ring substituents is 1. The van der Waals surface area contributed by atoms with E-state index in [0.29, 0.717) is 53.3 Å². The number of carbonyl (C=O) groups is 1. The Balaban J connectivity index is 1.35. The van der Waals surface area contributed by atoms with Crippen LogP contribution in [0.2, 0.25) is 5.02 Å². The van der Waals surface area contributed by atoms with Crippen molar-refractivity contribution >= 4 is 51.6 Å². The highest BCUT2D eigenvalue weighted by atomic mass is 35.5. The summed E-state index contributed by atoms with van der Waals surface area (Å²) < 4.78 is 1.75. The molecule has 0 saturated carbocycles. The number of nitrogens with zero attached hydrogens (tertiary/aromatic N) is 4. The molecule has 6 rings (SSSR count). The van der Waals surface area contributed by atoms with Crippen molar-refractivity contribution in [3.63, 3.8) is 0 Å². The van der Waals surface area contributed by atoms with Crippen molar-refractivity contribution in [3.05, 3.63) is 109 Å². The molecule has 198 valence electrons. The van der Waals surface area contributed by atoms with E-state index in [0.717, 1.165) is 11.1 Å². The second-order valence-corrected chi connectivity index (χ2v) is 10.9. The van der Waals surface area contributed by atoms with Crippen molar-refractivity contribution in [1.29, 1.82) is 0 Å². The average Bonchev–Trinajstić information content (AvgIpc) is 2.92. The lowest BCUT2D eigenvalue weighted by Crippen LogP contribution is -2.48. The third-order valence-corrected chi connectivity index (χ3v) is 8.71. The van der Waals surface area contributed by atoms with Crippen molar-refractivity contribution in [1.82, 2.24) is 9.47 Å². The van der Waals surface area contributed by atoms with Crippen LogP contribution in [0.15, 0.2) is 76.6 Å². The third kappa shape index (κ3) is 4.44. The van der Waals surface area contributed by atoms with Gasteiger partial charge in [-0.3, -0.25) is 19.8 Å². The number of hydrogen-bond acceptors (Lipinski definition) is 7. The molecule has 2 aliphatic heterocycles. The monoisotopic (exact) mass is 562 g/mol. The maximum Gasteiger partial charge on any atom is 0.342 e. The molecule has 3 heterocycles. The zero-order valence-corrected chi connectivity index (χ0v) is 22.2. The highest BCUT2D eigenvalue weighted by Gasteiger charge is 2.33. The first-order valence-electron chi connectivity index (χ1n) is 12.4. The fraction of sp³-hybridized carbons (Fsp3) is 0.214. The minimum absolute atomic E-state index is 0.00186. The molecular weight excluding hydrogens is 540 g/mol. The molecule has 1 aromatic heterocycles. The molecule has 3 aromatic carbocycles. The number of pyridine rings is 1. The molecule has 2 aliphatic rings. The molecule has 1 unspecified atom stereocenters. The standard InChI is InChI=1S/C28H23ClN4O5S/c29-19-8-6-18(7-9-19)25(17-4-2-1-3-5-17)31-12-10-30(11-13-31)22-15-21-20(14-23(22)33(37)38)26(34)24(28(35)36)27-32(21)16-39-27/h1-9,14-15,25H,10-13,16H2,(H,35,36). The number of rotatable bonds is 6. The molecule has 9 nitrogen and oxygen atoms in total. The summed E-state index contributed by atoms with van der Waals surface area (Å²) in [6.45, 7) is 2.40. The summed E-state index contributed by atoms with van der Waals surface area (Å²) in [4.78, 5) is 40.7. The number of hydrogen-bond donors (Lipinski definition) is 1. The summed E-state index contributed by atoms with van der Waals surface area (Å²) in [5.41, 5.74) is 1.99. The van der Waals surface area contributed by atoms with E-state index in [1.54, 1.807) is 10.6 Å². The van der Waals surface area contributed by atoms with Crippen molar-refractivity contribution in [2.24, 2.45) is 0 Å². The Morgan fingerprint density at radius 3 is 2.26 bits per heavy atom. The van der Waals surface area contributed by atoms with Gasteiger partial charge in [0.15, 0.2) is 0 Å². The van der Waals surface area contributed by atoms with Crippen LogP contribution in [0.4, 0.5) is 11.4 Å². The number of aromatic nitrogens is 1. The molecule has 0 aliphatic carbocycles. The Hall–Kier alpha value is -3.86. The van der Waals surface area contributed by atoms with Gasteiger partial charge < -0.3 is 14.6 Å². The smallest absolute Gasteiger partial charge is 0.342 e. The molecule has 39 heavy (non-hydrogen) atoms. The van der Waals surface area contributed by atoms with Crippen LogP contribution in [0.5, 0.6) is 0 Å². The maximum absolute atomic E-state index is 13.0. The van der Waals surface area contributed by atoms with E-state index in [-0.39, 0.29) is 22.7 Å². The Bertz CT molecular complexity index is 1670. The van der Waals surface area contributed by atoms with Gasteiger partial charge in [-0.05, 0) is 29.3 Å². The molecule has 1 saturated heterocycles. The van der Waals surface area contributed by atoms with Crippen LogP contribution >= 0.6 is 23.4 Å². The van der Waals surface area contributed by atoms with Crippen LogP contribution in [0, 0.1) is 10.1 Å². The van der Waals surface area contributed by atoms with Gasteiger partial charge in [0.2, 0.25) is 5.43 Å². The van der Waals surface area contributed by atoms with Crippen LogP contribution in [-0.2, 0) is 5.88 Å². The Morgan fingerprint density at radius 2 is 1.67 bits per heavy atom. The first kappa shape index (κ1) is 25.4. The van der Waals surface area contributed by atoms with Gasteiger partial charge in [-0.1, -0.05) is 65.8 Å². The Kier molecular flexibility index (Phi) is 6.54. The number of carboxylic acids is 1. The molecule has 1 fully saturated rings. The number of nitro groups is 1. The lowest BCUT2D eigenvalue weighted by molar-refractivity contribution is -0.384. The van der Waals surface area contributed by atoms with Gasteiger partial charge in [-0.25, -0.2) is 4.79 Å². The van der Waals surface area contributed by atoms with E-state index >= 15 is 0 Å². The second-order valence-electron chi connectivity index (χ2n) is 9.52. The number of anilines is 1. The summed E-state index contributed by atoms with van der Waals surface area (Å²) in [5, 5.41) is 22.8. The molecule has 0 bridgehead atoms. The van der Waals surface area contributed by atoms with Crippen molar-refractivity contribution in [2.45, 2.75) is 16.9 Å². The minimum atomic E-state index is -1.32. The van der Waals surface area contributed by atoms with Gasteiger partial charge in [-0.2, -0.15) is 0 Å². The number of piperazine rings is 1. The van der Waals surface area contributed by atoms with Gasteiger partial charge in [0.25, 0.3) is 5.69 Å². The van der Waals surface area contributed by atoms with E-state index in [9.17, 15) is 24.8 Å². The number of thioether (sulfide) groups is 1. The number of halogens is 1. The first-order valence-corrected chi connectivity index (χ1v) is 13.7. The van der Waals surface area contributed by atoms with Crippen molar-refractivity contribution in [3.8, 4) is 0 Å². The molecular formula is C28H23ClN4O5S. The Morgan fingerprint density at radius 1 is 1.00 bits per heavy atom. The van der Waals surface area contributed by atoms with Crippen LogP contribution in [0.1, 0.15) is 27.5 Å². The third-order valence-electron chi connectivity index (χ3n) is 7.38. The lowest BCUT2D eigenvalue weighted by atomic mass is 9.96. The number of fused-ring (bicyclic) bond motifs is 3. The highest BCUT2D eigenvalue weighted by molar-refractivity contribution is 7.99. The molecule has 1 N–H and O–H groups in total. The second kappa shape index (κ2) is 10.0. The maximum atomic E-state index is 13.0. The van der Waals surface area contributed by atoms with Crippen molar-refractivity contribution < 1.29 is 14.8 Å². The summed E-state index contributed by atoms with van der Waals surface area (Å²) in [6.07, 6.45) is 0. The summed E-state index contributed by atoms with van der Waals surface area (Å²) >= 11 is 7.44. The zero-order chi connectivity index (χ0) is 27.3. The zero-order valence-electron chi connectivity index (χ0n) is 20.6. The van der Waals surface area contributed by atoms with E-state index in [2.05, 4.69) is 17.0 Å². The van der Waals surface area contributed by atoms with E-state index in [1.165, 1.54) is 17.8 Å². The SMILES string of the molecule is O=C(O)c1c2n(c3cc(N4CCN(C(c5ccccc5)c5ccc(Cl)cc5)CC4)c([N+](=O)[O-])cc3c1=O)CS2. The largest absolute Gasteiger partial charge is 0.477 e. The summed E-state index contributed by atoms with van der Waals surface area (Å²) in [5.74, 6) is -0.841. The topological polar surface area (TPSA) is 109 Å². The number of aromatic carboxylic acids is 1. The van der Waals surface area contributed by atoms with E-state index < -0.39 is 16.3 Å². The fourth-order valence-corrected chi connectivity index (χ4v) is 6.56. The quantitative estimate of drug-likeness (QED) is 0.251. The normalized spacial score (nSPS) is 16.0. The predicted octanol–water partition coefficient (Wildman–Crippen LogP) is 5.24. The van der Waals surface area contributed by atoms with E-state index in [4.69, 9.17) is 11.6 Å². The molecule has 0 radical (unpaired) electrons. The van der Waals surface area contributed by atoms with Crippen LogP contribution < -0.4 is 10.3 Å². The molecule has 11 heteroatoms. The fourth-order valence-electron chi connectivity index (χ4n) is 5.49. The first-order chi connectivity index (χ1) is 18.8. The van der Waals surface area contributed by atoms with Crippen LogP contribution in [0.3, 0.4) is 0 Å². The lowest BCUT2D eigenvalue weighted by Gasteiger charge is -2.40. The van der Waals surface area contributed by atoms with Crippen LogP contribution in [0.25, 0.3) is 10.9 Å². The van der Waals surface area contributed by atoms with Gasteiger partial charge in [0.05, 0.1) is 32.8 Å². The highest BCUT2D eigenvalue weighted by Crippen LogP contribution is 2.40. The van der Waals surface area contributed by atoms with Gasteiger partial charge >= 0.3 is 5.97 Å². The Labute approximate surface area is 232 Å². The molecule has 0 amide bonds. The predicted molar refractivity (Wildman–Crippen MR) is 151 cm³/mol. The van der Waals surface area contributed by atoms with E-state index in [1.807, 2.05) is 47.4 Å². The number of benzene rings is 3. The molecule has 1 atom stereocenters.